The van der Waals surface area contributed by atoms with Crippen LogP contribution in [-0.2, 0) is 0 Å². The smallest absolute Gasteiger partial charge is 0.175 e. The summed E-state index contributed by atoms with van der Waals surface area (Å²) in [5, 5.41) is 0.971. The molecule has 1 aliphatic rings. The van der Waals surface area contributed by atoms with Gasteiger partial charge in [0.15, 0.2) is 5.78 Å². The Bertz CT molecular complexity index is 616. The van der Waals surface area contributed by atoms with Gasteiger partial charge >= 0.3 is 0 Å². The molecule has 3 rings (SSSR count). The zero-order valence-electron chi connectivity index (χ0n) is 11.0. The number of Topliss-reactive ketones (excluding diaryl/α,β-unsaturated/α-hetero) is 1. The molecule has 0 bridgehead atoms. The molecule has 1 nitrogen and oxygen atoms in total. The Morgan fingerprint density at radius 2 is 2.16 bits per heavy atom. The lowest BCUT2D eigenvalue weighted by Crippen LogP contribution is -2.21. The van der Waals surface area contributed by atoms with Crippen molar-refractivity contribution >= 4 is 27.2 Å². The molecule has 2 atom stereocenters. The molecule has 0 spiro atoms. The van der Waals surface area contributed by atoms with E-state index in [0.717, 1.165) is 34.2 Å². The van der Waals surface area contributed by atoms with Crippen molar-refractivity contribution < 1.29 is 9.18 Å². The molecule has 1 aromatic heterocycles. The average molecular weight is 276 g/mol. The van der Waals surface area contributed by atoms with Crippen molar-refractivity contribution in [2.45, 2.75) is 32.6 Å². The second kappa shape index (κ2) is 5.04. The van der Waals surface area contributed by atoms with E-state index in [1.807, 2.05) is 6.07 Å². The Morgan fingerprint density at radius 3 is 2.95 bits per heavy atom. The van der Waals surface area contributed by atoms with Gasteiger partial charge in [0.25, 0.3) is 0 Å². The van der Waals surface area contributed by atoms with E-state index in [0.29, 0.717) is 5.92 Å². The molecule has 1 aromatic carbocycles. The first kappa shape index (κ1) is 12.8. The summed E-state index contributed by atoms with van der Waals surface area (Å²) in [7, 11) is 0. The van der Waals surface area contributed by atoms with Gasteiger partial charge in [-0.15, -0.1) is 11.3 Å². The van der Waals surface area contributed by atoms with Crippen LogP contribution in [0.25, 0.3) is 10.1 Å². The molecule has 0 saturated heterocycles. The van der Waals surface area contributed by atoms with Crippen molar-refractivity contribution in [3.05, 3.63) is 35.0 Å². The van der Waals surface area contributed by atoms with Crippen LogP contribution in [0.15, 0.2) is 24.3 Å². The van der Waals surface area contributed by atoms with Gasteiger partial charge in [-0.25, -0.2) is 4.39 Å². The first-order valence-electron chi connectivity index (χ1n) is 6.87. The van der Waals surface area contributed by atoms with E-state index in [9.17, 15) is 9.18 Å². The maximum Gasteiger partial charge on any atom is 0.175 e. The molecule has 2 unspecified atom stereocenters. The van der Waals surface area contributed by atoms with Crippen molar-refractivity contribution in [3.63, 3.8) is 0 Å². The molecule has 1 aliphatic carbocycles. The number of halogens is 1. The monoisotopic (exact) mass is 276 g/mol. The van der Waals surface area contributed by atoms with Gasteiger partial charge in [-0.1, -0.05) is 25.8 Å². The fourth-order valence-corrected chi connectivity index (χ4v) is 4.11. The van der Waals surface area contributed by atoms with Crippen molar-refractivity contribution in [1.29, 1.82) is 0 Å². The van der Waals surface area contributed by atoms with E-state index in [-0.39, 0.29) is 17.5 Å². The molecule has 0 radical (unpaired) electrons. The molecular weight excluding hydrogens is 259 g/mol. The number of benzene rings is 1. The van der Waals surface area contributed by atoms with Crippen molar-refractivity contribution in [2.75, 3.05) is 0 Å². The van der Waals surface area contributed by atoms with E-state index in [4.69, 9.17) is 0 Å². The minimum absolute atomic E-state index is 0.168. The highest BCUT2D eigenvalue weighted by atomic mass is 32.1. The van der Waals surface area contributed by atoms with E-state index < -0.39 is 0 Å². The summed E-state index contributed by atoms with van der Waals surface area (Å²) in [5.74, 6) is 0.837. The minimum Gasteiger partial charge on any atom is -0.293 e. The van der Waals surface area contributed by atoms with E-state index in [1.54, 1.807) is 6.07 Å². The zero-order valence-corrected chi connectivity index (χ0v) is 11.8. The van der Waals surface area contributed by atoms with Crippen LogP contribution in [0.3, 0.4) is 0 Å². The fraction of sp³-hybridized carbons (Fsp3) is 0.438. The minimum atomic E-state index is -0.236. The maximum atomic E-state index is 13.2. The standard InChI is InChI=1S/C16H17FOS/c1-10-3-2-4-12(7-10)16(18)15-8-11-5-6-13(17)9-14(11)19-15/h5-6,8-10,12H,2-4,7H2,1H3. The molecule has 3 heteroatoms. The molecule has 0 aliphatic heterocycles. The molecule has 1 fully saturated rings. The first-order valence-corrected chi connectivity index (χ1v) is 7.68. The second-order valence-electron chi connectivity index (χ2n) is 5.63. The van der Waals surface area contributed by atoms with E-state index >= 15 is 0 Å². The van der Waals surface area contributed by atoms with Crippen LogP contribution in [0, 0.1) is 17.7 Å². The van der Waals surface area contributed by atoms with Crippen LogP contribution < -0.4 is 0 Å². The van der Waals surface area contributed by atoms with Gasteiger partial charge in [-0.3, -0.25) is 4.79 Å². The molecule has 0 N–H and O–H groups in total. The normalized spacial score (nSPS) is 23.7. The molecule has 0 amide bonds. The quantitative estimate of drug-likeness (QED) is 0.701. The molecule has 2 aromatic rings. The number of hydrogen-bond acceptors (Lipinski definition) is 2. The van der Waals surface area contributed by atoms with Gasteiger partial charge < -0.3 is 0 Å². The highest BCUT2D eigenvalue weighted by Gasteiger charge is 2.26. The van der Waals surface area contributed by atoms with Crippen LogP contribution in [-0.4, -0.2) is 5.78 Å². The topological polar surface area (TPSA) is 17.1 Å². The van der Waals surface area contributed by atoms with Crippen LogP contribution in [0.5, 0.6) is 0 Å². The molecule has 100 valence electrons. The summed E-state index contributed by atoms with van der Waals surface area (Å²) in [4.78, 5) is 13.3. The van der Waals surface area contributed by atoms with Crippen molar-refractivity contribution in [3.8, 4) is 0 Å². The first-order chi connectivity index (χ1) is 9.13. The Kier molecular flexibility index (Phi) is 3.40. The summed E-state index contributed by atoms with van der Waals surface area (Å²) in [5.41, 5.74) is 0. The van der Waals surface area contributed by atoms with Gasteiger partial charge in [0.05, 0.1) is 4.88 Å². The van der Waals surface area contributed by atoms with Gasteiger partial charge in [0.1, 0.15) is 5.82 Å². The van der Waals surface area contributed by atoms with E-state index in [2.05, 4.69) is 6.92 Å². The summed E-state index contributed by atoms with van der Waals surface area (Å²) in [6.07, 6.45) is 4.39. The van der Waals surface area contributed by atoms with Crippen LogP contribution in [0.1, 0.15) is 42.3 Å². The average Bonchev–Trinajstić information content (AvgIpc) is 2.80. The largest absolute Gasteiger partial charge is 0.293 e. The lowest BCUT2D eigenvalue weighted by molar-refractivity contribution is 0.0873. The Morgan fingerprint density at radius 1 is 1.32 bits per heavy atom. The number of fused-ring (bicyclic) bond motifs is 1. The molecule has 19 heavy (non-hydrogen) atoms. The number of thiophene rings is 1. The predicted molar refractivity (Wildman–Crippen MR) is 77.2 cm³/mol. The number of hydrogen-bond donors (Lipinski definition) is 0. The number of carbonyl (C=O) groups is 1. The Labute approximate surface area is 116 Å². The highest BCUT2D eigenvalue weighted by molar-refractivity contribution is 7.20. The Hall–Kier alpha value is -1.22. The predicted octanol–water partition coefficient (Wildman–Crippen LogP) is 5.05. The van der Waals surface area contributed by atoms with Gasteiger partial charge in [-0.2, -0.15) is 0 Å². The van der Waals surface area contributed by atoms with E-state index in [1.165, 1.54) is 29.9 Å². The van der Waals surface area contributed by atoms with Crippen molar-refractivity contribution in [2.24, 2.45) is 11.8 Å². The lowest BCUT2D eigenvalue weighted by Gasteiger charge is -2.25. The lowest BCUT2D eigenvalue weighted by atomic mass is 9.80. The SMILES string of the molecule is CC1CCCC(C(=O)c2cc3ccc(F)cc3s2)C1. The number of carbonyl (C=O) groups excluding carboxylic acids is 1. The third kappa shape index (κ3) is 2.57. The van der Waals surface area contributed by atoms with Crippen LogP contribution in [0.4, 0.5) is 4.39 Å². The third-order valence-corrected chi connectivity index (χ3v) is 5.14. The summed E-state index contributed by atoms with van der Waals surface area (Å²) < 4.78 is 14.0. The van der Waals surface area contributed by atoms with Gasteiger partial charge in [-0.05, 0) is 42.3 Å². The maximum absolute atomic E-state index is 13.2. The molecular formula is C16H17FOS. The van der Waals surface area contributed by atoms with Gasteiger partial charge in [0, 0.05) is 10.6 Å². The highest BCUT2D eigenvalue weighted by Crippen LogP contribution is 2.34. The van der Waals surface area contributed by atoms with Crippen molar-refractivity contribution in [1.82, 2.24) is 0 Å². The van der Waals surface area contributed by atoms with Crippen LogP contribution in [0.2, 0.25) is 0 Å². The summed E-state index contributed by atoms with van der Waals surface area (Å²) in [6, 6.07) is 6.63. The molecule has 1 saturated carbocycles. The number of ketones is 1. The second-order valence-corrected chi connectivity index (χ2v) is 6.71. The zero-order chi connectivity index (χ0) is 13.4. The number of rotatable bonds is 2. The van der Waals surface area contributed by atoms with Gasteiger partial charge in [0.2, 0.25) is 0 Å². The third-order valence-electron chi connectivity index (χ3n) is 4.03. The molecule has 1 heterocycles. The summed E-state index contributed by atoms with van der Waals surface area (Å²) >= 11 is 1.42. The van der Waals surface area contributed by atoms with Crippen LogP contribution >= 0.6 is 11.3 Å². The summed E-state index contributed by atoms with van der Waals surface area (Å²) in [6.45, 7) is 2.22. The fourth-order valence-electron chi connectivity index (χ4n) is 3.00. The Balaban J connectivity index is 1.88.